The second-order valence-electron chi connectivity index (χ2n) is 6.77. The monoisotopic (exact) mass is 405 g/mol. The van der Waals surface area contributed by atoms with Crippen molar-refractivity contribution in [3.05, 3.63) is 90.5 Å². The van der Waals surface area contributed by atoms with Gasteiger partial charge in [0.2, 0.25) is 0 Å². The van der Waals surface area contributed by atoms with Crippen molar-refractivity contribution in [1.82, 2.24) is 4.98 Å². The van der Waals surface area contributed by atoms with Gasteiger partial charge in [0.05, 0.1) is 15.8 Å². The molecule has 0 aliphatic carbocycles. The summed E-state index contributed by atoms with van der Waals surface area (Å²) in [5, 5.41) is 2.78. The van der Waals surface area contributed by atoms with Crippen LogP contribution in [0.3, 0.4) is 0 Å². The van der Waals surface area contributed by atoms with Gasteiger partial charge < -0.3 is 0 Å². The van der Waals surface area contributed by atoms with E-state index in [0.29, 0.717) is 5.56 Å². The summed E-state index contributed by atoms with van der Waals surface area (Å²) >= 11 is 1.61. The lowest BCUT2D eigenvalue weighted by molar-refractivity contribution is -0.137. The number of thiazole rings is 1. The van der Waals surface area contributed by atoms with E-state index in [2.05, 4.69) is 0 Å². The highest BCUT2D eigenvalue weighted by Crippen LogP contribution is 2.39. The molecular weight excluding hydrogens is 391 g/mol. The summed E-state index contributed by atoms with van der Waals surface area (Å²) in [5.74, 6) is 0. The first-order chi connectivity index (χ1) is 14.0. The van der Waals surface area contributed by atoms with E-state index in [4.69, 9.17) is 4.98 Å². The fourth-order valence-corrected chi connectivity index (χ4v) is 4.59. The van der Waals surface area contributed by atoms with Crippen LogP contribution in [0.25, 0.3) is 42.7 Å². The van der Waals surface area contributed by atoms with E-state index >= 15 is 0 Å². The molecule has 5 rings (SSSR count). The molecule has 0 unspecified atom stereocenters. The van der Waals surface area contributed by atoms with Gasteiger partial charge in [-0.05, 0) is 46.2 Å². The number of fused-ring (bicyclic) bond motifs is 2. The van der Waals surface area contributed by atoms with Crippen LogP contribution in [0.1, 0.15) is 5.56 Å². The lowest BCUT2D eigenvalue weighted by Crippen LogP contribution is -2.04. The molecule has 0 fully saturated rings. The standard InChI is InChI=1S/C24H14F3NS/c25-24(26,27)16-7-5-6-15(14-16)17-12-13-20(19-9-2-1-8-18(17)19)23-28-21-10-3-4-11-22(21)29-23/h1-14H. The second-order valence-corrected chi connectivity index (χ2v) is 7.80. The third-order valence-electron chi connectivity index (χ3n) is 4.95. The molecule has 0 radical (unpaired) electrons. The smallest absolute Gasteiger partial charge is 0.236 e. The first kappa shape index (κ1) is 17.9. The van der Waals surface area contributed by atoms with Gasteiger partial charge in [0.15, 0.2) is 0 Å². The summed E-state index contributed by atoms with van der Waals surface area (Å²) in [5.41, 5.74) is 2.61. The fourth-order valence-electron chi connectivity index (χ4n) is 3.59. The quantitative estimate of drug-likeness (QED) is 0.292. The molecular formula is C24H14F3NS. The van der Waals surface area contributed by atoms with E-state index in [1.165, 1.54) is 12.1 Å². The van der Waals surface area contributed by atoms with Gasteiger partial charge >= 0.3 is 6.18 Å². The van der Waals surface area contributed by atoms with Crippen molar-refractivity contribution < 1.29 is 13.2 Å². The first-order valence-electron chi connectivity index (χ1n) is 9.06. The largest absolute Gasteiger partial charge is 0.416 e. The molecule has 0 amide bonds. The maximum absolute atomic E-state index is 13.2. The molecule has 1 nitrogen and oxygen atoms in total. The van der Waals surface area contributed by atoms with Crippen LogP contribution in [0.2, 0.25) is 0 Å². The summed E-state index contributed by atoms with van der Waals surface area (Å²) < 4.78 is 40.6. The predicted octanol–water partition coefficient (Wildman–Crippen LogP) is 7.80. The van der Waals surface area contributed by atoms with Gasteiger partial charge in [0.1, 0.15) is 5.01 Å². The zero-order chi connectivity index (χ0) is 20.0. The van der Waals surface area contributed by atoms with Gasteiger partial charge in [-0.15, -0.1) is 11.3 Å². The van der Waals surface area contributed by atoms with Crippen molar-refractivity contribution in [3.63, 3.8) is 0 Å². The lowest BCUT2D eigenvalue weighted by Gasteiger charge is -2.12. The van der Waals surface area contributed by atoms with Crippen LogP contribution in [0, 0.1) is 0 Å². The van der Waals surface area contributed by atoms with Gasteiger partial charge in [0.25, 0.3) is 0 Å². The molecule has 5 aromatic rings. The summed E-state index contributed by atoms with van der Waals surface area (Å²) in [6.07, 6.45) is -4.37. The van der Waals surface area contributed by atoms with E-state index in [-0.39, 0.29) is 0 Å². The fraction of sp³-hybridized carbons (Fsp3) is 0.0417. The Balaban J connectivity index is 1.72. The number of nitrogens with zero attached hydrogens (tertiary/aromatic N) is 1. The molecule has 0 aliphatic rings. The highest BCUT2D eigenvalue weighted by atomic mass is 32.1. The summed E-state index contributed by atoms with van der Waals surface area (Å²) in [6, 6.07) is 25.1. The number of benzene rings is 4. The Labute approximate surface area is 169 Å². The van der Waals surface area contributed by atoms with Gasteiger partial charge in [-0.2, -0.15) is 13.2 Å². The van der Waals surface area contributed by atoms with Crippen LogP contribution in [0.5, 0.6) is 0 Å². The maximum atomic E-state index is 13.2. The molecule has 0 aliphatic heterocycles. The molecule has 0 bridgehead atoms. The number of aromatic nitrogens is 1. The highest BCUT2D eigenvalue weighted by molar-refractivity contribution is 7.21. The van der Waals surface area contributed by atoms with Gasteiger partial charge in [-0.3, -0.25) is 0 Å². The van der Waals surface area contributed by atoms with E-state index in [1.54, 1.807) is 17.4 Å². The molecule has 1 heterocycles. The van der Waals surface area contributed by atoms with Crippen molar-refractivity contribution in [2.24, 2.45) is 0 Å². The molecule has 0 saturated heterocycles. The summed E-state index contributed by atoms with van der Waals surface area (Å²) in [4.78, 5) is 4.75. The SMILES string of the molecule is FC(F)(F)c1cccc(-c2ccc(-c3nc4ccccc4s3)c3ccccc23)c1. The Kier molecular flexibility index (Phi) is 4.14. The molecule has 5 heteroatoms. The van der Waals surface area contributed by atoms with Crippen LogP contribution in [0.15, 0.2) is 84.9 Å². The Morgan fingerprint density at radius 1 is 0.690 bits per heavy atom. The summed E-state index contributed by atoms with van der Waals surface area (Å²) in [6.45, 7) is 0. The Morgan fingerprint density at radius 3 is 2.14 bits per heavy atom. The number of hydrogen-bond acceptors (Lipinski definition) is 2. The molecule has 142 valence electrons. The average Bonchev–Trinajstić information content (AvgIpc) is 3.16. The van der Waals surface area contributed by atoms with Gasteiger partial charge in [-0.1, -0.05) is 60.7 Å². The third-order valence-corrected chi connectivity index (χ3v) is 6.02. The van der Waals surface area contributed by atoms with Crippen LogP contribution in [0.4, 0.5) is 13.2 Å². The van der Waals surface area contributed by atoms with Crippen LogP contribution < -0.4 is 0 Å². The van der Waals surface area contributed by atoms with Crippen molar-refractivity contribution in [2.45, 2.75) is 6.18 Å². The average molecular weight is 405 g/mol. The van der Waals surface area contributed by atoms with Gasteiger partial charge in [-0.25, -0.2) is 4.98 Å². The Hall–Kier alpha value is -3.18. The number of hydrogen-bond donors (Lipinski definition) is 0. The molecule has 29 heavy (non-hydrogen) atoms. The van der Waals surface area contributed by atoms with Crippen LogP contribution >= 0.6 is 11.3 Å². The molecule has 0 saturated carbocycles. The zero-order valence-electron chi connectivity index (χ0n) is 15.1. The first-order valence-corrected chi connectivity index (χ1v) is 9.88. The normalized spacial score (nSPS) is 12.0. The van der Waals surface area contributed by atoms with E-state index < -0.39 is 11.7 Å². The molecule has 0 N–H and O–H groups in total. The third kappa shape index (κ3) is 3.17. The van der Waals surface area contributed by atoms with E-state index in [1.807, 2.05) is 60.7 Å². The molecule has 1 aromatic heterocycles. The van der Waals surface area contributed by atoms with Crippen molar-refractivity contribution >= 4 is 32.3 Å². The number of para-hydroxylation sites is 1. The number of rotatable bonds is 2. The lowest BCUT2D eigenvalue weighted by atomic mass is 9.94. The number of alkyl halides is 3. The molecule has 4 aromatic carbocycles. The summed E-state index contributed by atoms with van der Waals surface area (Å²) in [7, 11) is 0. The second kappa shape index (κ2) is 6.71. The van der Waals surface area contributed by atoms with Gasteiger partial charge in [0, 0.05) is 5.56 Å². The number of halogens is 3. The maximum Gasteiger partial charge on any atom is 0.416 e. The topological polar surface area (TPSA) is 12.9 Å². The molecule has 0 spiro atoms. The minimum Gasteiger partial charge on any atom is -0.236 e. The van der Waals surface area contributed by atoms with Crippen LogP contribution in [-0.2, 0) is 6.18 Å². The minimum atomic E-state index is -4.37. The van der Waals surface area contributed by atoms with E-state index in [9.17, 15) is 13.2 Å². The highest BCUT2D eigenvalue weighted by Gasteiger charge is 2.30. The van der Waals surface area contributed by atoms with Crippen molar-refractivity contribution in [1.29, 1.82) is 0 Å². The molecule has 0 atom stereocenters. The van der Waals surface area contributed by atoms with Crippen molar-refractivity contribution in [2.75, 3.05) is 0 Å². The minimum absolute atomic E-state index is 0.548. The Morgan fingerprint density at radius 2 is 1.38 bits per heavy atom. The van der Waals surface area contributed by atoms with Crippen LogP contribution in [-0.4, -0.2) is 4.98 Å². The zero-order valence-corrected chi connectivity index (χ0v) is 15.9. The van der Waals surface area contributed by atoms with Crippen molar-refractivity contribution in [3.8, 4) is 21.7 Å². The van der Waals surface area contributed by atoms with E-state index in [0.717, 1.165) is 43.2 Å². The predicted molar refractivity (Wildman–Crippen MR) is 113 cm³/mol. The Bertz CT molecular complexity index is 1320.